The highest BCUT2D eigenvalue weighted by Gasteiger charge is 2.02. The number of nitrogens with zero attached hydrogens (tertiary/aromatic N) is 2. The molecule has 84 valence electrons. The summed E-state index contributed by atoms with van der Waals surface area (Å²) in [5.74, 6) is 0.855. The molecule has 4 nitrogen and oxygen atoms in total. The van der Waals surface area contributed by atoms with E-state index < -0.39 is 0 Å². The van der Waals surface area contributed by atoms with Crippen LogP contribution in [0.2, 0.25) is 0 Å². The Kier molecular flexibility index (Phi) is 6.16. The normalized spacial score (nSPS) is 8.06. The standard InChI is InChI=1S/C9H13NO.C3H2N2/c1-6-4-5-8(11-3)7(2)9(6)10;4-2-1-3-5/h4-5H,10H2,1-3H3;1H2. The number of rotatable bonds is 1. The summed E-state index contributed by atoms with van der Waals surface area (Å²) in [4.78, 5) is 0. The smallest absolute Gasteiger partial charge is 0.123 e. The van der Waals surface area contributed by atoms with E-state index in [0.29, 0.717) is 0 Å². The van der Waals surface area contributed by atoms with Gasteiger partial charge in [-0.15, -0.1) is 0 Å². The van der Waals surface area contributed by atoms with Crippen LogP contribution in [0.3, 0.4) is 0 Å². The number of methoxy groups -OCH3 is 1. The van der Waals surface area contributed by atoms with Crippen LogP contribution in [0.5, 0.6) is 5.75 Å². The maximum Gasteiger partial charge on any atom is 0.123 e. The summed E-state index contributed by atoms with van der Waals surface area (Å²) in [7, 11) is 1.65. The summed E-state index contributed by atoms with van der Waals surface area (Å²) < 4.78 is 5.10. The maximum atomic E-state index is 7.59. The van der Waals surface area contributed by atoms with E-state index in [4.69, 9.17) is 21.0 Å². The molecule has 16 heavy (non-hydrogen) atoms. The van der Waals surface area contributed by atoms with E-state index in [1.165, 1.54) is 0 Å². The van der Waals surface area contributed by atoms with Gasteiger partial charge in [0.2, 0.25) is 0 Å². The number of ether oxygens (including phenoxy) is 1. The molecule has 0 amide bonds. The van der Waals surface area contributed by atoms with Gasteiger partial charge in [-0.3, -0.25) is 0 Å². The largest absolute Gasteiger partial charge is 0.496 e. The molecule has 0 fully saturated rings. The first-order valence-corrected chi connectivity index (χ1v) is 4.72. The molecule has 0 saturated heterocycles. The van der Waals surface area contributed by atoms with Crippen molar-refractivity contribution in [3.05, 3.63) is 23.3 Å². The van der Waals surface area contributed by atoms with Crippen LogP contribution in [0.1, 0.15) is 17.5 Å². The van der Waals surface area contributed by atoms with E-state index >= 15 is 0 Å². The van der Waals surface area contributed by atoms with Crippen molar-refractivity contribution in [2.24, 2.45) is 0 Å². The summed E-state index contributed by atoms with van der Waals surface area (Å²) >= 11 is 0. The predicted molar refractivity (Wildman–Crippen MR) is 62.7 cm³/mol. The molecule has 0 atom stereocenters. The predicted octanol–water partition coefficient (Wildman–Crippen LogP) is 2.32. The molecule has 1 aromatic carbocycles. The third-order valence-corrected chi connectivity index (χ3v) is 2.06. The van der Waals surface area contributed by atoms with Crippen molar-refractivity contribution in [3.63, 3.8) is 0 Å². The molecule has 0 aromatic heterocycles. The van der Waals surface area contributed by atoms with Gasteiger partial charge in [0, 0.05) is 11.3 Å². The van der Waals surface area contributed by atoms with Crippen LogP contribution in [0.25, 0.3) is 0 Å². The molecule has 0 saturated carbocycles. The Morgan fingerprint density at radius 2 is 1.81 bits per heavy atom. The van der Waals surface area contributed by atoms with Gasteiger partial charge in [0.15, 0.2) is 0 Å². The Labute approximate surface area is 95.9 Å². The number of nitrogen functional groups attached to an aromatic ring is 1. The monoisotopic (exact) mass is 217 g/mol. The topological polar surface area (TPSA) is 82.8 Å². The molecule has 2 N–H and O–H groups in total. The lowest BCUT2D eigenvalue weighted by Crippen LogP contribution is -1.96. The fourth-order valence-corrected chi connectivity index (χ4v) is 1.10. The Morgan fingerprint density at radius 1 is 1.25 bits per heavy atom. The van der Waals surface area contributed by atoms with Gasteiger partial charge in [-0.2, -0.15) is 10.5 Å². The zero-order chi connectivity index (χ0) is 12.6. The third-order valence-electron chi connectivity index (χ3n) is 2.06. The Morgan fingerprint density at radius 3 is 2.19 bits per heavy atom. The average Bonchev–Trinajstić information content (AvgIpc) is 2.28. The molecule has 0 unspecified atom stereocenters. The van der Waals surface area contributed by atoms with Crippen LogP contribution in [-0.4, -0.2) is 7.11 Å². The van der Waals surface area contributed by atoms with E-state index in [9.17, 15) is 0 Å². The molecule has 4 heteroatoms. The number of aryl methyl sites for hydroxylation is 1. The van der Waals surface area contributed by atoms with Crippen molar-refractivity contribution in [1.82, 2.24) is 0 Å². The van der Waals surface area contributed by atoms with E-state index in [1.54, 1.807) is 19.2 Å². The summed E-state index contributed by atoms with van der Waals surface area (Å²) in [5.41, 5.74) is 8.72. The van der Waals surface area contributed by atoms with Crippen LogP contribution in [0, 0.1) is 36.5 Å². The quantitative estimate of drug-likeness (QED) is 0.732. The fraction of sp³-hybridized carbons (Fsp3) is 0.333. The first kappa shape index (κ1) is 13.8. The Bertz CT molecular complexity index is 415. The number of hydrogen-bond donors (Lipinski definition) is 1. The molecule has 0 spiro atoms. The Balaban J connectivity index is 0.000000385. The van der Waals surface area contributed by atoms with Crippen LogP contribution in [0.15, 0.2) is 12.1 Å². The maximum absolute atomic E-state index is 7.59. The minimum absolute atomic E-state index is 0. The van der Waals surface area contributed by atoms with Gasteiger partial charge in [-0.25, -0.2) is 0 Å². The Hall–Kier alpha value is -2.20. The average molecular weight is 217 g/mol. The van der Waals surface area contributed by atoms with Gasteiger partial charge < -0.3 is 10.5 Å². The first-order valence-electron chi connectivity index (χ1n) is 4.72. The lowest BCUT2D eigenvalue weighted by atomic mass is 10.1. The van der Waals surface area contributed by atoms with E-state index in [1.807, 2.05) is 26.0 Å². The van der Waals surface area contributed by atoms with Gasteiger partial charge >= 0.3 is 0 Å². The molecule has 0 aliphatic heterocycles. The highest BCUT2D eigenvalue weighted by molar-refractivity contribution is 5.58. The zero-order valence-corrected chi connectivity index (χ0v) is 9.74. The highest BCUT2D eigenvalue weighted by atomic mass is 16.5. The second-order valence-corrected chi connectivity index (χ2v) is 3.12. The molecular formula is C12H15N3O. The summed E-state index contributed by atoms with van der Waals surface area (Å²) in [6, 6.07) is 7.20. The zero-order valence-electron chi connectivity index (χ0n) is 9.74. The van der Waals surface area contributed by atoms with E-state index in [-0.39, 0.29) is 6.42 Å². The molecule has 0 radical (unpaired) electrons. The van der Waals surface area contributed by atoms with Crippen molar-refractivity contribution >= 4 is 5.69 Å². The number of nitriles is 2. The summed E-state index contributed by atoms with van der Waals surface area (Å²) in [6.07, 6.45) is 0. The molecule has 0 aliphatic rings. The van der Waals surface area contributed by atoms with Gasteiger partial charge in [-0.1, -0.05) is 6.07 Å². The number of benzene rings is 1. The molecule has 0 heterocycles. The SMILES string of the molecule is COc1ccc(C)c(N)c1C.N#CCC#N. The van der Waals surface area contributed by atoms with Crippen LogP contribution in [-0.2, 0) is 0 Å². The number of anilines is 1. The van der Waals surface area contributed by atoms with E-state index in [2.05, 4.69) is 0 Å². The summed E-state index contributed by atoms with van der Waals surface area (Å²) in [6.45, 7) is 3.95. The molecule has 1 aromatic rings. The van der Waals surface area contributed by atoms with Crippen molar-refractivity contribution in [1.29, 1.82) is 10.5 Å². The number of nitrogens with two attached hydrogens (primary N) is 1. The number of hydrogen-bond acceptors (Lipinski definition) is 4. The van der Waals surface area contributed by atoms with Crippen LogP contribution < -0.4 is 10.5 Å². The highest BCUT2D eigenvalue weighted by Crippen LogP contribution is 2.25. The van der Waals surface area contributed by atoms with Gasteiger partial charge in [0.05, 0.1) is 19.2 Å². The molecule has 0 bridgehead atoms. The first-order chi connectivity index (χ1) is 7.58. The van der Waals surface area contributed by atoms with Crippen molar-refractivity contribution in [2.45, 2.75) is 20.3 Å². The van der Waals surface area contributed by atoms with Gasteiger partial charge in [0.25, 0.3) is 0 Å². The van der Waals surface area contributed by atoms with Crippen molar-refractivity contribution < 1.29 is 4.74 Å². The van der Waals surface area contributed by atoms with Gasteiger partial charge in [-0.05, 0) is 25.5 Å². The second-order valence-electron chi connectivity index (χ2n) is 3.12. The molecule has 0 aliphatic carbocycles. The second kappa shape index (κ2) is 7.14. The van der Waals surface area contributed by atoms with Crippen molar-refractivity contribution in [2.75, 3.05) is 12.8 Å². The van der Waals surface area contributed by atoms with Crippen LogP contribution >= 0.6 is 0 Å². The fourth-order valence-electron chi connectivity index (χ4n) is 1.10. The van der Waals surface area contributed by atoms with Crippen molar-refractivity contribution in [3.8, 4) is 17.9 Å². The minimum Gasteiger partial charge on any atom is -0.496 e. The lowest BCUT2D eigenvalue weighted by Gasteiger charge is -2.08. The minimum atomic E-state index is 0. The molecular weight excluding hydrogens is 202 g/mol. The lowest BCUT2D eigenvalue weighted by molar-refractivity contribution is 0.412. The van der Waals surface area contributed by atoms with Gasteiger partial charge in [0.1, 0.15) is 12.2 Å². The van der Waals surface area contributed by atoms with Crippen LogP contribution in [0.4, 0.5) is 5.69 Å². The molecule has 1 rings (SSSR count). The summed E-state index contributed by atoms with van der Waals surface area (Å²) in [5, 5.41) is 15.2. The van der Waals surface area contributed by atoms with E-state index in [0.717, 1.165) is 22.6 Å². The third kappa shape index (κ3) is 3.89.